The molecule has 0 heterocycles. The molecule has 0 aliphatic rings. The second kappa shape index (κ2) is 5.85. The van der Waals surface area contributed by atoms with Gasteiger partial charge >= 0.3 is 0 Å². The van der Waals surface area contributed by atoms with Crippen LogP contribution in [0.5, 0.6) is 0 Å². The zero-order valence-electron chi connectivity index (χ0n) is 10.3. The smallest absolute Gasteiger partial charge is 0.0631 e. The molecule has 0 aliphatic carbocycles. The summed E-state index contributed by atoms with van der Waals surface area (Å²) < 4.78 is 17.4. The van der Waals surface area contributed by atoms with Gasteiger partial charge in [-0.3, -0.25) is 4.21 Å². The molecule has 96 valence electrons. The van der Waals surface area contributed by atoms with Crippen LogP contribution in [0.25, 0.3) is 0 Å². The van der Waals surface area contributed by atoms with Crippen molar-refractivity contribution in [2.24, 2.45) is 0 Å². The average molecular weight is 276 g/mol. The van der Waals surface area contributed by atoms with Gasteiger partial charge in [0, 0.05) is 18.6 Å². The van der Waals surface area contributed by atoms with Gasteiger partial charge in [0.25, 0.3) is 0 Å². The molecule has 3 nitrogen and oxygen atoms in total. The zero-order valence-corrected chi connectivity index (χ0v) is 11.9. The predicted molar refractivity (Wildman–Crippen MR) is 72.8 cm³/mol. The van der Waals surface area contributed by atoms with Crippen molar-refractivity contribution in [3.63, 3.8) is 0 Å². The van der Waals surface area contributed by atoms with Crippen LogP contribution in [-0.4, -0.2) is 22.7 Å². The first-order valence-electron chi connectivity index (χ1n) is 5.34. The molecule has 1 rings (SSSR count). The highest BCUT2D eigenvalue weighted by molar-refractivity contribution is 7.85. The largest absolute Gasteiger partial charge is 0.399 e. The molecule has 1 aromatic carbocycles. The Morgan fingerprint density at radius 3 is 2.65 bits per heavy atom. The van der Waals surface area contributed by atoms with E-state index in [-0.39, 0.29) is 5.60 Å². The number of ether oxygens (including phenoxy) is 1. The third-order valence-electron chi connectivity index (χ3n) is 2.64. The van der Waals surface area contributed by atoms with E-state index in [1.165, 1.54) is 0 Å². The van der Waals surface area contributed by atoms with Crippen molar-refractivity contribution in [3.8, 4) is 0 Å². The Morgan fingerprint density at radius 1 is 1.47 bits per heavy atom. The monoisotopic (exact) mass is 275 g/mol. The number of nitrogen functional groups attached to an aromatic ring is 1. The van der Waals surface area contributed by atoms with Crippen LogP contribution in [0.3, 0.4) is 0 Å². The van der Waals surface area contributed by atoms with E-state index in [9.17, 15) is 4.21 Å². The molecule has 17 heavy (non-hydrogen) atoms. The van der Waals surface area contributed by atoms with E-state index in [2.05, 4.69) is 0 Å². The van der Waals surface area contributed by atoms with Crippen LogP contribution in [0.1, 0.15) is 20.3 Å². The summed E-state index contributed by atoms with van der Waals surface area (Å²) in [6.07, 6.45) is 0.705. The Morgan fingerprint density at radius 2 is 2.12 bits per heavy atom. The lowest BCUT2D eigenvalue weighted by atomic mass is 10.1. The first kappa shape index (κ1) is 14.5. The third kappa shape index (κ3) is 4.30. The Labute approximate surface area is 110 Å². The number of hydrogen-bond acceptors (Lipinski definition) is 3. The number of nitrogens with two attached hydrogens (primary N) is 1. The van der Waals surface area contributed by atoms with Crippen LogP contribution in [0.2, 0.25) is 5.02 Å². The second-order valence-electron chi connectivity index (χ2n) is 4.45. The van der Waals surface area contributed by atoms with E-state index in [0.717, 1.165) is 0 Å². The quantitative estimate of drug-likeness (QED) is 0.841. The van der Waals surface area contributed by atoms with E-state index in [4.69, 9.17) is 22.1 Å². The minimum absolute atomic E-state index is 0.268. The molecule has 0 amide bonds. The Kier molecular flexibility index (Phi) is 4.98. The summed E-state index contributed by atoms with van der Waals surface area (Å²) in [5.74, 6) is 0.518. The summed E-state index contributed by atoms with van der Waals surface area (Å²) in [6.45, 7) is 3.93. The van der Waals surface area contributed by atoms with Crippen molar-refractivity contribution in [1.29, 1.82) is 0 Å². The molecule has 5 heteroatoms. The molecule has 1 atom stereocenters. The van der Waals surface area contributed by atoms with Gasteiger partial charge in [0.05, 0.1) is 26.3 Å². The fourth-order valence-corrected chi connectivity index (χ4v) is 3.09. The number of rotatable bonds is 5. The molecule has 0 bridgehead atoms. The highest BCUT2D eigenvalue weighted by atomic mass is 35.5. The molecule has 0 aromatic heterocycles. The molecule has 1 unspecified atom stereocenters. The van der Waals surface area contributed by atoms with Crippen molar-refractivity contribution in [2.45, 2.75) is 30.8 Å². The topological polar surface area (TPSA) is 52.3 Å². The van der Waals surface area contributed by atoms with Gasteiger partial charge < -0.3 is 10.5 Å². The maximum absolute atomic E-state index is 12.1. The van der Waals surface area contributed by atoms with E-state index in [1.54, 1.807) is 25.3 Å². The first-order valence-corrected chi connectivity index (χ1v) is 7.04. The maximum Gasteiger partial charge on any atom is 0.0631 e. The van der Waals surface area contributed by atoms with Gasteiger partial charge in [-0.25, -0.2) is 0 Å². The Balaban J connectivity index is 2.71. The van der Waals surface area contributed by atoms with E-state index < -0.39 is 10.8 Å². The van der Waals surface area contributed by atoms with Gasteiger partial charge in [0.1, 0.15) is 0 Å². The van der Waals surface area contributed by atoms with Crippen molar-refractivity contribution in [2.75, 3.05) is 18.6 Å². The molecule has 1 aromatic rings. The predicted octanol–water partition coefficient (Wildman–Crippen LogP) is 2.84. The van der Waals surface area contributed by atoms with Gasteiger partial charge in [-0.05, 0) is 38.5 Å². The zero-order chi connectivity index (χ0) is 13.1. The maximum atomic E-state index is 12.1. The fraction of sp³-hybridized carbons (Fsp3) is 0.500. The van der Waals surface area contributed by atoms with Crippen LogP contribution in [0.4, 0.5) is 5.69 Å². The highest BCUT2D eigenvalue weighted by Crippen LogP contribution is 2.24. The van der Waals surface area contributed by atoms with Gasteiger partial charge in [-0.15, -0.1) is 0 Å². The molecule has 0 radical (unpaired) electrons. The number of anilines is 1. The lowest BCUT2D eigenvalue weighted by Gasteiger charge is -2.22. The third-order valence-corrected chi connectivity index (χ3v) is 4.49. The molecule has 0 saturated heterocycles. The van der Waals surface area contributed by atoms with Crippen molar-refractivity contribution >= 4 is 28.1 Å². The van der Waals surface area contributed by atoms with E-state index in [1.807, 2.05) is 13.8 Å². The molecule has 0 spiro atoms. The van der Waals surface area contributed by atoms with Crippen LogP contribution >= 0.6 is 11.6 Å². The lowest BCUT2D eigenvalue weighted by molar-refractivity contribution is 0.0205. The molecular formula is C12H18ClNO2S. The molecular weight excluding hydrogens is 258 g/mol. The minimum atomic E-state index is -1.12. The number of halogens is 1. The SMILES string of the molecule is COC(C)(C)CCS(=O)c1ccc(N)cc1Cl. The molecule has 0 aliphatic heterocycles. The van der Waals surface area contributed by atoms with Crippen LogP contribution in [-0.2, 0) is 15.5 Å². The average Bonchev–Trinajstić information content (AvgIpc) is 2.26. The summed E-state index contributed by atoms with van der Waals surface area (Å²) in [6, 6.07) is 5.05. The minimum Gasteiger partial charge on any atom is -0.399 e. The first-order chi connectivity index (χ1) is 7.85. The van der Waals surface area contributed by atoms with E-state index in [0.29, 0.717) is 27.8 Å². The highest BCUT2D eigenvalue weighted by Gasteiger charge is 2.19. The number of benzene rings is 1. The number of methoxy groups -OCH3 is 1. The standard InChI is InChI=1S/C12H18ClNO2S/c1-12(2,16-3)6-7-17(15)11-5-4-9(14)8-10(11)13/h4-5,8H,6-7,14H2,1-3H3. The lowest BCUT2D eigenvalue weighted by Crippen LogP contribution is -2.24. The van der Waals surface area contributed by atoms with Gasteiger partial charge in [-0.2, -0.15) is 0 Å². The molecule has 0 fully saturated rings. The summed E-state index contributed by atoms with van der Waals surface area (Å²) >= 11 is 6.00. The molecule has 0 saturated carbocycles. The fourth-order valence-electron chi connectivity index (χ4n) is 1.25. The van der Waals surface area contributed by atoms with Crippen molar-refractivity contribution in [1.82, 2.24) is 0 Å². The van der Waals surface area contributed by atoms with Crippen molar-refractivity contribution in [3.05, 3.63) is 23.2 Å². The normalized spacial score (nSPS) is 13.6. The van der Waals surface area contributed by atoms with E-state index >= 15 is 0 Å². The summed E-state index contributed by atoms with van der Waals surface area (Å²) in [4.78, 5) is 0.632. The van der Waals surface area contributed by atoms with Gasteiger partial charge in [0.2, 0.25) is 0 Å². The molecule has 2 N–H and O–H groups in total. The van der Waals surface area contributed by atoms with Crippen LogP contribution < -0.4 is 5.73 Å². The van der Waals surface area contributed by atoms with Gasteiger partial charge in [0.15, 0.2) is 0 Å². The summed E-state index contributed by atoms with van der Waals surface area (Å²) in [7, 11) is 0.533. The Bertz CT molecular complexity index is 421. The second-order valence-corrected chi connectivity index (χ2v) is 6.40. The summed E-state index contributed by atoms with van der Waals surface area (Å²) in [5, 5.41) is 0.457. The van der Waals surface area contributed by atoms with Crippen molar-refractivity contribution < 1.29 is 8.95 Å². The number of hydrogen-bond donors (Lipinski definition) is 1. The van der Waals surface area contributed by atoms with Crippen LogP contribution in [0.15, 0.2) is 23.1 Å². The van der Waals surface area contributed by atoms with Crippen LogP contribution in [0, 0.1) is 0 Å². The van der Waals surface area contributed by atoms with Gasteiger partial charge in [-0.1, -0.05) is 11.6 Å². The summed E-state index contributed by atoms with van der Waals surface area (Å²) in [5.41, 5.74) is 5.90. The Hall–Kier alpha value is -0.580.